The van der Waals surface area contributed by atoms with Gasteiger partial charge < -0.3 is 16.1 Å². The molecule has 13 heteroatoms. The zero-order valence-electron chi connectivity index (χ0n) is 23.2. The maximum Gasteiger partial charge on any atom is 0.295 e. The first-order valence-electron chi connectivity index (χ1n) is 13.6. The van der Waals surface area contributed by atoms with E-state index >= 15 is 0 Å². The van der Waals surface area contributed by atoms with E-state index in [2.05, 4.69) is 9.97 Å². The fraction of sp³-hybridized carbons (Fsp3) is 0. The van der Waals surface area contributed by atoms with Crippen molar-refractivity contribution in [2.24, 2.45) is 0 Å². The van der Waals surface area contributed by atoms with Gasteiger partial charge >= 0.3 is 0 Å². The number of aromatic nitrogens is 8. The highest BCUT2D eigenvalue weighted by Crippen LogP contribution is 2.37. The molecule has 4 aromatic carbocycles. The third kappa shape index (κ3) is 4.03. The average molecular weight is 612 g/mol. The van der Waals surface area contributed by atoms with Crippen LogP contribution in [0.5, 0.6) is 0 Å². The van der Waals surface area contributed by atoms with Gasteiger partial charge in [0.05, 0.1) is 0 Å². The molecule has 0 fully saturated rings. The largest absolute Gasteiger partial charge is 0.344 e. The SMILES string of the molecule is N.O=S(=O)(O)c1cccc2c3nc4nc(nc5[nH]c(nc6nc(nc([nH]3)c12)-c1ccccc1-6)c1ccccc51)-c1ccccc1-4. The molecule has 3 aromatic heterocycles. The van der Waals surface area contributed by atoms with Crippen LogP contribution in [0.3, 0.4) is 0 Å². The predicted octanol–water partition coefficient (Wildman–Crippen LogP) is 6.28. The fourth-order valence-electron chi connectivity index (χ4n) is 5.87. The maximum absolute atomic E-state index is 12.5. The zero-order valence-corrected chi connectivity index (χ0v) is 24.0. The van der Waals surface area contributed by atoms with Gasteiger partial charge in [0.2, 0.25) is 0 Å². The van der Waals surface area contributed by atoms with E-state index in [1.165, 1.54) is 6.07 Å². The molecule has 2 aliphatic heterocycles. The van der Waals surface area contributed by atoms with E-state index in [0.717, 1.165) is 33.0 Å². The van der Waals surface area contributed by atoms with Crippen molar-refractivity contribution in [3.63, 3.8) is 0 Å². The maximum atomic E-state index is 12.5. The Labute approximate surface area is 254 Å². The lowest BCUT2D eigenvalue weighted by Crippen LogP contribution is -1.98. The van der Waals surface area contributed by atoms with E-state index < -0.39 is 10.1 Å². The van der Waals surface area contributed by atoms with Gasteiger partial charge in [-0.1, -0.05) is 84.9 Å². The summed E-state index contributed by atoms with van der Waals surface area (Å²) in [7, 11) is -4.62. The number of rotatable bonds is 1. The van der Waals surface area contributed by atoms with Gasteiger partial charge in [0.1, 0.15) is 27.5 Å². The van der Waals surface area contributed by atoms with Gasteiger partial charge in [0.25, 0.3) is 10.1 Å². The van der Waals surface area contributed by atoms with Gasteiger partial charge in [-0.3, -0.25) is 4.55 Å². The predicted molar refractivity (Wildman–Crippen MR) is 171 cm³/mol. The van der Waals surface area contributed by atoms with Crippen LogP contribution in [0.4, 0.5) is 0 Å². The first-order valence-corrected chi connectivity index (χ1v) is 15.1. The molecule has 45 heavy (non-hydrogen) atoms. The van der Waals surface area contributed by atoms with E-state index in [1.807, 2.05) is 72.8 Å². The minimum absolute atomic E-state index is 0. The van der Waals surface area contributed by atoms with E-state index in [9.17, 15) is 13.0 Å². The first-order chi connectivity index (χ1) is 21.4. The summed E-state index contributed by atoms with van der Waals surface area (Å²) in [6.45, 7) is 0. The summed E-state index contributed by atoms with van der Waals surface area (Å²) in [5.41, 5.74) is 4.68. The molecular formula is C32H21N9O3S. The Bertz CT molecular complexity index is 2660. The first kappa shape index (κ1) is 26.7. The summed E-state index contributed by atoms with van der Waals surface area (Å²) in [6, 6.07) is 27.6. The minimum Gasteiger partial charge on any atom is -0.344 e. The summed E-state index contributed by atoms with van der Waals surface area (Å²) >= 11 is 0. The monoisotopic (exact) mass is 611 g/mol. The third-order valence-corrected chi connectivity index (χ3v) is 8.72. The Kier molecular flexibility index (Phi) is 5.67. The highest BCUT2D eigenvalue weighted by Gasteiger charge is 2.24. The Morgan fingerprint density at radius 1 is 0.467 bits per heavy atom. The lowest BCUT2D eigenvalue weighted by Gasteiger charge is -1.99. The second-order valence-electron chi connectivity index (χ2n) is 10.4. The number of fused-ring (bicyclic) bond motifs is 20. The van der Waals surface area contributed by atoms with Crippen LogP contribution >= 0.6 is 0 Å². The van der Waals surface area contributed by atoms with Crippen molar-refractivity contribution in [1.82, 2.24) is 46.0 Å². The number of H-pyrrole nitrogens is 2. The Hall–Kier alpha value is -5.89. The van der Waals surface area contributed by atoms with Crippen molar-refractivity contribution in [2.75, 3.05) is 0 Å². The minimum atomic E-state index is -4.62. The van der Waals surface area contributed by atoms with Crippen molar-refractivity contribution in [2.45, 2.75) is 4.90 Å². The molecule has 7 aromatic rings. The number of nitrogens with zero attached hydrogens (tertiary/aromatic N) is 6. The molecule has 2 aliphatic rings. The molecule has 0 saturated heterocycles. The Morgan fingerprint density at radius 3 is 1.31 bits per heavy atom. The third-order valence-electron chi connectivity index (χ3n) is 7.82. The van der Waals surface area contributed by atoms with Crippen LogP contribution in [0.1, 0.15) is 0 Å². The number of aromatic amines is 2. The van der Waals surface area contributed by atoms with Crippen LogP contribution in [-0.4, -0.2) is 52.8 Å². The van der Waals surface area contributed by atoms with Crippen LogP contribution in [0.2, 0.25) is 0 Å². The molecule has 0 spiro atoms. The second kappa shape index (κ2) is 9.56. The summed E-state index contributed by atoms with van der Waals surface area (Å²) in [6.07, 6.45) is 0. The molecular weight excluding hydrogens is 590 g/mol. The van der Waals surface area contributed by atoms with Gasteiger partial charge in [-0.2, -0.15) is 8.42 Å². The number of benzene rings is 4. The average Bonchev–Trinajstić information content (AvgIpc) is 3.76. The van der Waals surface area contributed by atoms with Crippen LogP contribution in [-0.2, 0) is 10.1 Å². The molecule has 0 saturated carbocycles. The lowest BCUT2D eigenvalue weighted by atomic mass is 10.1. The van der Waals surface area contributed by atoms with E-state index in [0.29, 0.717) is 45.6 Å². The number of hydrogen-bond donors (Lipinski definition) is 4. The van der Waals surface area contributed by atoms with Gasteiger partial charge in [0, 0.05) is 43.8 Å². The van der Waals surface area contributed by atoms with Gasteiger partial charge in [0.15, 0.2) is 23.3 Å². The van der Waals surface area contributed by atoms with Crippen LogP contribution in [0.25, 0.3) is 89.7 Å². The van der Waals surface area contributed by atoms with Gasteiger partial charge in [-0.05, 0) is 6.07 Å². The molecule has 0 amide bonds. The molecule has 9 rings (SSSR count). The smallest absolute Gasteiger partial charge is 0.295 e. The molecule has 8 bridgehead atoms. The van der Waals surface area contributed by atoms with Crippen molar-refractivity contribution < 1.29 is 13.0 Å². The highest BCUT2D eigenvalue weighted by atomic mass is 32.2. The van der Waals surface area contributed by atoms with Crippen LogP contribution in [0.15, 0.2) is 95.9 Å². The molecule has 0 unspecified atom stereocenters. The van der Waals surface area contributed by atoms with Gasteiger partial charge in [-0.25, -0.2) is 29.9 Å². The Morgan fingerprint density at radius 2 is 0.844 bits per heavy atom. The molecule has 5 heterocycles. The molecule has 0 atom stereocenters. The molecule has 218 valence electrons. The summed E-state index contributed by atoms with van der Waals surface area (Å²) in [4.78, 5) is 35.4. The van der Waals surface area contributed by atoms with E-state index in [4.69, 9.17) is 29.9 Å². The molecule has 0 aliphatic carbocycles. The second-order valence-corrected chi connectivity index (χ2v) is 11.8. The topological polar surface area (TPSA) is 198 Å². The number of nitrogens with one attached hydrogen (secondary N) is 2. The standard InChI is InChI=1S/C32H18N8O3S.H3N/c41-44(42,43)23-15-7-14-22-24(23)32-39-30-21-13-6-5-12-20(21)28(37-30)35-26-17-9-2-1-8-16(17)25(33-26)34-27-18-10-3-4-11-19(18)29(36-27)38-31(22)40-32;/h1-15H,(H,41,42,43)(H2,33,34,35,36,37,38,39,40);1H3. The number of hydrogen-bond acceptors (Lipinski definition) is 9. The fourth-order valence-corrected chi connectivity index (χ4v) is 6.59. The van der Waals surface area contributed by atoms with Crippen molar-refractivity contribution in [3.8, 4) is 45.6 Å². The zero-order chi connectivity index (χ0) is 29.6. The quantitative estimate of drug-likeness (QED) is 0.153. The van der Waals surface area contributed by atoms with Crippen LogP contribution < -0.4 is 6.15 Å². The van der Waals surface area contributed by atoms with E-state index in [1.54, 1.807) is 12.1 Å². The van der Waals surface area contributed by atoms with E-state index in [-0.39, 0.29) is 22.1 Å². The lowest BCUT2D eigenvalue weighted by molar-refractivity contribution is 0.484. The van der Waals surface area contributed by atoms with Gasteiger partial charge in [-0.15, -0.1) is 0 Å². The normalized spacial score (nSPS) is 12.1. The Balaban J connectivity index is 0.00000300. The van der Waals surface area contributed by atoms with Crippen LogP contribution in [0, 0.1) is 0 Å². The molecule has 0 radical (unpaired) electrons. The molecule has 12 nitrogen and oxygen atoms in total. The summed E-state index contributed by atoms with van der Waals surface area (Å²) < 4.78 is 35.2. The summed E-state index contributed by atoms with van der Waals surface area (Å²) in [5.74, 6) is 1.60. The molecule has 6 N–H and O–H groups in total. The van der Waals surface area contributed by atoms with Crippen molar-refractivity contribution >= 4 is 54.3 Å². The van der Waals surface area contributed by atoms with Crippen molar-refractivity contribution in [3.05, 3.63) is 91.0 Å². The summed E-state index contributed by atoms with van der Waals surface area (Å²) in [5, 5.41) is 2.36. The van der Waals surface area contributed by atoms with Crippen molar-refractivity contribution in [1.29, 1.82) is 0 Å². The highest BCUT2D eigenvalue weighted by molar-refractivity contribution is 7.86.